The van der Waals surface area contributed by atoms with Crippen LogP contribution in [0.5, 0.6) is 0 Å². The SMILES string of the molecule is CCC(C)C[C@H]1CN2CCc3cc(C)ccc3[C@@H]2C[C@@]1(O)CC[19F].S.S.S. The van der Waals surface area contributed by atoms with Crippen LogP contribution in [0.25, 0.3) is 0 Å². The summed E-state index contributed by atoms with van der Waals surface area (Å²) in [4.78, 5) is 2.54. The topological polar surface area (TPSA) is 23.5 Å². The molecule has 1 aromatic rings. The summed E-state index contributed by atoms with van der Waals surface area (Å²) in [6, 6.07) is 6.93. The molecule has 0 saturated carbocycles. The third kappa shape index (κ3) is 5.81. The van der Waals surface area contributed by atoms with Gasteiger partial charge in [-0.3, -0.25) is 9.29 Å². The lowest BCUT2D eigenvalue weighted by Gasteiger charge is -2.52. The van der Waals surface area contributed by atoms with Crippen LogP contribution < -0.4 is 0 Å². The van der Waals surface area contributed by atoms with Gasteiger partial charge in [-0.1, -0.05) is 44.0 Å². The third-order valence-corrected chi connectivity index (χ3v) is 6.44. The van der Waals surface area contributed by atoms with Crippen LogP contribution in [0, 0.1) is 18.8 Å². The molecule has 3 rings (SSSR count). The van der Waals surface area contributed by atoms with Gasteiger partial charge in [0.15, 0.2) is 0 Å². The Morgan fingerprint density at radius 2 is 2.00 bits per heavy atom. The lowest BCUT2D eigenvalue weighted by atomic mass is 9.69. The first-order chi connectivity index (χ1) is 11.5. The molecule has 1 N–H and O–H groups in total. The molecule has 2 nitrogen and oxygen atoms in total. The quantitative estimate of drug-likeness (QED) is 0.719. The molecule has 1 unspecified atom stereocenters. The third-order valence-electron chi connectivity index (χ3n) is 6.44. The minimum absolute atomic E-state index is 0. The van der Waals surface area contributed by atoms with E-state index in [-0.39, 0.29) is 58.9 Å². The van der Waals surface area contributed by atoms with Crippen molar-refractivity contribution in [3.8, 4) is 0 Å². The Kier molecular flexibility index (Phi) is 11.4. The number of rotatable bonds is 5. The Morgan fingerprint density at radius 3 is 2.63 bits per heavy atom. The predicted octanol–water partition coefficient (Wildman–Crippen LogP) is 4.78. The minimum Gasteiger partial charge on any atom is -0.389 e. The van der Waals surface area contributed by atoms with Gasteiger partial charge in [-0.2, -0.15) is 40.5 Å². The van der Waals surface area contributed by atoms with Crippen LogP contribution in [0.1, 0.15) is 62.3 Å². The number of nitrogens with zero attached hydrogens (tertiary/aromatic N) is 1. The molecule has 27 heavy (non-hydrogen) atoms. The van der Waals surface area contributed by atoms with Crippen LogP contribution >= 0.6 is 40.5 Å². The highest BCUT2D eigenvalue weighted by Crippen LogP contribution is 2.46. The van der Waals surface area contributed by atoms with Crippen molar-refractivity contribution < 1.29 is 9.50 Å². The largest absolute Gasteiger partial charge is 0.389 e. The van der Waals surface area contributed by atoms with Crippen molar-refractivity contribution in [2.45, 2.75) is 64.5 Å². The van der Waals surface area contributed by atoms with Crippen molar-refractivity contribution in [1.82, 2.24) is 4.90 Å². The maximum atomic E-state index is 13.2. The molecule has 0 aromatic heterocycles. The standard InChI is InChI=1S/C21H32FNO.3H2S/c1-4-15(2)12-18-14-23-10-7-17-11-16(3)5-6-19(17)20(23)13-21(18,24)8-9-22;;;/h5-6,11,15,18,20,24H,4,7-10,12-14H2,1-3H3;3*1H2/t15?,18-,20-,21-;;;/m0.../s1/i22+0;;;. The second-order valence-corrected chi connectivity index (χ2v) is 8.16. The zero-order valence-electron chi connectivity index (χ0n) is 16.9. The molecular weight excluding hydrogens is 397 g/mol. The molecule has 0 spiro atoms. The summed E-state index contributed by atoms with van der Waals surface area (Å²) in [5, 5.41) is 11.3. The van der Waals surface area contributed by atoms with Crippen molar-refractivity contribution in [2.24, 2.45) is 11.8 Å². The maximum Gasteiger partial charge on any atom is 0.0922 e. The first kappa shape index (κ1) is 27.1. The van der Waals surface area contributed by atoms with Gasteiger partial charge >= 0.3 is 0 Å². The fraction of sp³-hybridized carbons (Fsp3) is 0.714. The molecule has 4 atom stereocenters. The molecule has 0 radical (unpaired) electrons. The van der Waals surface area contributed by atoms with Crippen molar-refractivity contribution >= 4 is 40.5 Å². The first-order valence-corrected chi connectivity index (χ1v) is 9.58. The van der Waals surface area contributed by atoms with Crippen LogP contribution in [0.2, 0.25) is 0 Å². The Hall–Kier alpha value is 0.120. The van der Waals surface area contributed by atoms with Gasteiger partial charge in [-0.25, -0.2) is 0 Å². The highest BCUT2D eigenvalue weighted by molar-refractivity contribution is 7.59. The van der Waals surface area contributed by atoms with Crippen LogP contribution in [0.15, 0.2) is 18.2 Å². The number of piperidine rings is 1. The smallest absolute Gasteiger partial charge is 0.0922 e. The number of halogens is 1. The van der Waals surface area contributed by atoms with Crippen LogP contribution in [0.3, 0.4) is 0 Å². The summed E-state index contributed by atoms with van der Waals surface area (Å²) < 4.78 is 13.2. The fourth-order valence-electron chi connectivity index (χ4n) is 4.72. The van der Waals surface area contributed by atoms with Gasteiger partial charge in [0.1, 0.15) is 0 Å². The highest BCUT2D eigenvalue weighted by Gasteiger charge is 2.47. The van der Waals surface area contributed by atoms with Crippen molar-refractivity contribution in [3.05, 3.63) is 34.9 Å². The average Bonchev–Trinajstić information content (AvgIpc) is 2.55. The average molecular weight is 436 g/mol. The molecule has 1 saturated heterocycles. The monoisotopic (exact) mass is 435 g/mol. The number of benzene rings is 1. The Morgan fingerprint density at radius 1 is 1.30 bits per heavy atom. The van der Waals surface area contributed by atoms with Gasteiger partial charge in [0.25, 0.3) is 0 Å². The van der Waals surface area contributed by atoms with E-state index in [0.29, 0.717) is 12.3 Å². The number of fused-ring (bicyclic) bond motifs is 3. The summed E-state index contributed by atoms with van der Waals surface area (Å²) in [7, 11) is 0. The summed E-state index contributed by atoms with van der Waals surface area (Å²) >= 11 is 0. The van der Waals surface area contributed by atoms with E-state index in [1.165, 1.54) is 16.7 Å². The number of hydrogen-bond donors (Lipinski definition) is 1. The van der Waals surface area contributed by atoms with Crippen molar-refractivity contribution in [1.29, 1.82) is 0 Å². The maximum absolute atomic E-state index is 13.2. The second-order valence-electron chi connectivity index (χ2n) is 8.16. The molecule has 158 valence electrons. The molecule has 2 aliphatic heterocycles. The van der Waals surface area contributed by atoms with Crippen molar-refractivity contribution in [2.75, 3.05) is 19.8 Å². The van der Waals surface area contributed by atoms with Gasteiger partial charge in [-0.15, -0.1) is 0 Å². The summed E-state index contributed by atoms with van der Waals surface area (Å²) in [5.74, 6) is 0.767. The highest BCUT2D eigenvalue weighted by atomic mass is 32.1. The van der Waals surface area contributed by atoms with Crippen LogP contribution in [-0.2, 0) is 6.42 Å². The van der Waals surface area contributed by atoms with E-state index in [9.17, 15) is 9.50 Å². The summed E-state index contributed by atoms with van der Waals surface area (Å²) in [5.41, 5.74) is 3.20. The summed E-state index contributed by atoms with van der Waals surface area (Å²) in [6.45, 7) is 8.11. The van der Waals surface area contributed by atoms with Gasteiger partial charge in [0.05, 0.1) is 12.3 Å². The molecule has 0 amide bonds. The lowest BCUT2D eigenvalue weighted by Crippen LogP contribution is -2.55. The number of aliphatic hydroxyl groups is 1. The molecule has 1 aromatic carbocycles. The molecule has 2 aliphatic rings. The van der Waals surface area contributed by atoms with Gasteiger partial charge < -0.3 is 5.11 Å². The van der Waals surface area contributed by atoms with E-state index in [2.05, 4.69) is 43.9 Å². The Bertz CT molecular complexity index is 589. The molecule has 1 fully saturated rings. The fourth-order valence-corrected chi connectivity index (χ4v) is 4.72. The second kappa shape index (κ2) is 11.3. The van der Waals surface area contributed by atoms with E-state index in [1.54, 1.807) is 0 Å². The van der Waals surface area contributed by atoms with Crippen LogP contribution in [-0.4, -0.2) is 35.4 Å². The zero-order valence-corrected chi connectivity index (χ0v) is 19.9. The van der Waals surface area contributed by atoms with E-state index in [1.807, 2.05) is 0 Å². The molecular formula is C21H38FNOS3. The first-order valence-electron chi connectivity index (χ1n) is 9.58. The van der Waals surface area contributed by atoms with E-state index in [4.69, 9.17) is 0 Å². The number of alkyl halides is 1. The Labute approximate surface area is 185 Å². The summed E-state index contributed by atoms with van der Waals surface area (Å²) in [6.07, 6.45) is 4.16. The van der Waals surface area contributed by atoms with Gasteiger partial charge in [0, 0.05) is 31.5 Å². The van der Waals surface area contributed by atoms with Gasteiger partial charge in [-0.05, 0) is 43.2 Å². The predicted molar refractivity (Wildman–Crippen MR) is 128 cm³/mol. The van der Waals surface area contributed by atoms with E-state index >= 15 is 0 Å². The molecule has 0 aliphatic carbocycles. The van der Waals surface area contributed by atoms with Gasteiger partial charge in [0.2, 0.25) is 0 Å². The van der Waals surface area contributed by atoms with E-state index in [0.717, 1.165) is 32.4 Å². The molecule has 6 heteroatoms. The molecule has 0 bridgehead atoms. The molecule has 2 heterocycles. The number of aryl methyl sites for hydroxylation is 1. The lowest BCUT2D eigenvalue weighted by molar-refractivity contribution is -0.111. The minimum atomic E-state index is -0.862. The normalized spacial score (nSPS) is 27.9. The zero-order chi connectivity index (χ0) is 17.3. The van der Waals surface area contributed by atoms with Crippen molar-refractivity contribution in [3.63, 3.8) is 0 Å². The van der Waals surface area contributed by atoms with E-state index < -0.39 is 12.3 Å². The van der Waals surface area contributed by atoms with Crippen LogP contribution in [0.4, 0.5) is 4.39 Å². The number of hydrogen-bond acceptors (Lipinski definition) is 2. The Balaban J connectivity index is 0.00000225.